The molecule has 0 spiro atoms. The molecule has 0 bridgehead atoms. The fourth-order valence-electron chi connectivity index (χ4n) is 4.97. The highest BCUT2D eigenvalue weighted by Crippen LogP contribution is 2.36. The number of rotatable bonds is 9. The summed E-state index contributed by atoms with van der Waals surface area (Å²) < 4.78 is 45.1. The lowest BCUT2D eigenvalue weighted by Gasteiger charge is -2.31. The van der Waals surface area contributed by atoms with Gasteiger partial charge in [-0.25, -0.2) is 0 Å². The van der Waals surface area contributed by atoms with Gasteiger partial charge in [0.1, 0.15) is 5.75 Å². The normalized spacial score (nSPS) is 18.9. The number of hydrogen-bond acceptors (Lipinski definition) is 3. The third kappa shape index (κ3) is 7.23. The van der Waals surface area contributed by atoms with Crippen LogP contribution in [0.15, 0.2) is 48.5 Å². The molecule has 2 aromatic rings. The summed E-state index contributed by atoms with van der Waals surface area (Å²) in [5, 5.41) is 0. The molecule has 1 aliphatic rings. The molecule has 4 nitrogen and oxygen atoms in total. The molecule has 1 amide bonds. The molecule has 1 aliphatic heterocycles. The summed E-state index contributed by atoms with van der Waals surface area (Å²) in [5.74, 6) is 1.47. The molecule has 35 heavy (non-hydrogen) atoms. The van der Waals surface area contributed by atoms with Gasteiger partial charge < -0.3 is 9.64 Å². The van der Waals surface area contributed by atoms with E-state index >= 15 is 0 Å². The second kappa shape index (κ2) is 11.5. The zero-order valence-corrected chi connectivity index (χ0v) is 21.3. The number of ether oxygens (including phenoxy) is 1. The van der Waals surface area contributed by atoms with Crippen LogP contribution in [-0.2, 0) is 17.5 Å². The van der Waals surface area contributed by atoms with Crippen molar-refractivity contribution in [1.82, 2.24) is 9.80 Å². The maximum absolute atomic E-state index is 13.2. The number of alkyl halides is 3. The van der Waals surface area contributed by atoms with Gasteiger partial charge in [0.15, 0.2) is 0 Å². The first kappa shape index (κ1) is 27.1. The molecule has 0 radical (unpaired) electrons. The molecule has 3 rings (SSSR count). The van der Waals surface area contributed by atoms with Crippen LogP contribution in [-0.4, -0.2) is 49.0 Å². The molecule has 2 aromatic carbocycles. The Morgan fingerprint density at radius 3 is 2.43 bits per heavy atom. The number of hydrogen-bond donors (Lipinski definition) is 0. The Labute approximate surface area is 207 Å². The van der Waals surface area contributed by atoms with Gasteiger partial charge in [0.25, 0.3) is 0 Å². The van der Waals surface area contributed by atoms with E-state index in [1.165, 1.54) is 12.1 Å². The van der Waals surface area contributed by atoms with E-state index in [0.29, 0.717) is 44.2 Å². The first-order chi connectivity index (χ1) is 16.5. The Morgan fingerprint density at radius 1 is 1.09 bits per heavy atom. The lowest BCUT2D eigenvalue weighted by Crippen LogP contribution is -2.41. The van der Waals surface area contributed by atoms with Crippen molar-refractivity contribution in [3.8, 4) is 5.75 Å². The quantitative estimate of drug-likeness (QED) is 0.428. The van der Waals surface area contributed by atoms with Crippen LogP contribution in [0.25, 0.3) is 0 Å². The van der Waals surface area contributed by atoms with Crippen molar-refractivity contribution in [2.75, 3.05) is 33.3 Å². The van der Waals surface area contributed by atoms with E-state index < -0.39 is 11.7 Å². The second-order valence-corrected chi connectivity index (χ2v) is 10.3. The second-order valence-electron chi connectivity index (χ2n) is 10.3. The molecular formula is C28H37F3N2O2. The number of carbonyl (C=O) groups excluding carboxylic acids is 1. The highest BCUT2D eigenvalue weighted by atomic mass is 19.4. The van der Waals surface area contributed by atoms with Crippen LogP contribution in [0, 0.1) is 17.8 Å². The summed E-state index contributed by atoms with van der Waals surface area (Å²) in [6.07, 6.45) is -4.36. The van der Waals surface area contributed by atoms with Gasteiger partial charge in [0.05, 0.1) is 12.7 Å². The van der Waals surface area contributed by atoms with Crippen LogP contribution >= 0.6 is 0 Å². The zero-order chi connectivity index (χ0) is 25.8. The molecule has 0 saturated carbocycles. The maximum atomic E-state index is 13.2. The smallest absolute Gasteiger partial charge is 0.416 e. The third-order valence-corrected chi connectivity index (χ3v) is 6.55. The molecule has 0 aliphatic carbocycles. The average Bonchev–Trinajstić information content (AvgIpc) is 3.19. The lowest BCUT2D eigenvalue weighted by molar-refractivity contribution is -0.137. The van der Waals surface area contributed by atoms with Crippen molar-refractivity contribution < 1.29 is 22.7 Å². The summed E-state index contributed by atoms with van der Waals surface area (Å²) >= 11 is 0. The van der Waals surface area contributed by atoms with Crippen molar-refractivity contribution in [1.29, 1.82) is 0 Å². The number of carbonyl (C=O) groups is 1. The van der Waals surface area contributed by atoms with Gasteiger partial charge >= 0.3 is 6.18 Å². The predicted octanol–water partition coefficient (Wildman–Crippen LogP) is 6.07. The molecule has 0 N–H and O–H groups in total. The molecule has 7 heteroatoms. The van der Waals surface area contributed by atoms with Crippen LogP contribution in [0.5, 0.6) is 5.75 Å². The van der Waals surface area contributed by atoms with E-state index in [0.717, 1.165) is 17.4 Å². The van der Waals surface area contributed by atoms with E-state index in [1.54, 1.807) is 13.2 Å². The van der Waals surface area contributed by atoms with Crippen LogP contribution in [0.4, 0.5) is 13.2 Å². The zero-order valence-electron chi connectivity index (χ0n) is 21.3. The molecule has 192 valence electrons. The minimum atomic E-state index is -4.36. The number of halogens is 3. The Balaban J connectivity index is 1.87. The van der Waals surface area contributed by atoms with Gasteiger partial charge in [-0.15, -0.1) is 0 Å². The number of methoxy groups -OCH3 is 1. The fraction of sp³-hybridized carbons (Fsp3) is 0.536. The molecule has 0 unspecified atom stereocenters. The van der Waals surface area contributed by atoms with Crippen molar-refractivity contribution in [3.05, 3.63) is 65.2 Å². The van der Waals surface area contributed by atoms with Crippen molar-refractivity contribution in [2.45, 2.75) is 46.3 Å². The highest BCUT2D eigenvalue weighted by Gasteiger charge is 2.37. The SMILES string of the molecule is COc1cccc([C@H]2CN(Cc3cccc(C(F)(F)F)c3)C[C@@H]2CN(CC(C)C)C(=O)C(C)C)c1. The van der Waals surface area contributed by atoms with E-state index in [9.17, 15) is 18.0 Å². The van der Waals surface area contributed by atoms with E-state index in [-0.39, 0.29) is 23.7 Å². The van der Waals surface area contributed by atoms with Crippen molar-refractivity contribution >= 4 is 5.91 Å². The van der Waals surface area contributed by atoms with Gasteiger partial charge in [-0.2, -0.15) is 13.2 Å². The lowest BCUT2D eigenvalue weighted by atomic mass is 9.88. The number of amides is 1. The molecule has 2 atom stereocenters. The Kier molecular flexibility index (Phi) is 8.86. The molecule has 1 fully saturated rings. The van der Waals surface area contributed by atoms with E-state index in [2.05, 4.69) is 24.8 Å². The van der Waals surface area contributed by atoms with Gasteiger partial charge in [-0.3, -0.25) is 9.69 Å². The van der Waals surface area contributed by atoms with E-state index in [1.807, 2.05) is 36.9 Å². The van der Waals surface area contributed by atoms with Gasteiger partial charge in [0.2, 0.25) is 5.91 Å². The monoisotopic (exact) mass is 490 g/mol. The molecule has 1 saturated heterocycles. The molecular weight excluding hydrogens is 453 g/mol. The summed E-state index contributed by atoms with van der Waals surface area (Å²) in [4.78, 5) is 17.2. The van der Waals surface area contributed by atoms with Crippen molar-refractivity contribution in [2.24, 2.45) is 17.8 Å². The standard InChI is InChI=1S/C28H37F3N2O2/c1-19(2)14-33(27(34)20(3)4)17-23-16-32(15-21-8-6-10-24(12-21)28(29,30)31)18-26(23)22-9-7-11-25(13-22)35-5/h6-13,19-20,23,26H,14-18H2,1-5H3/t23-,26-/m1/s1. The third-order valence-electron chi connectivity index (χ3n) is 6.55. The van der Waals surface area contributed by atoms with Crippen LogP contribution in [0.1, 0.15) is 50.3 Å². The Hall–Kier alpha value is -2.54. The minimum absolute atomic E-state index is 0.0911. The number of likely N-dealkylation sites (tertiary alicyclic amines) is 1. The Bertz CT molecular complexity index is 990. The van der Waals surface area contributed by atoms with Gasteiger partial charge in [-0.05, 0) is 41.2 Å². The summed E-state index contributed by atoms with van der Waals surface area (Å²) in [6.45, 7) is 11.2. The van der Waals surface area contributed by atoms with Crippen LogP contribution < -0.4 is 4.74 Å². The first-order valence-corrected chi connectivity index (χ1v) is 12.3. The largest absolute Gasteiger partial charge is 0.497 e. The van der Waals surface area contributed by atoms with Crippen LogP contribution in [0.3, 0.4) is 0 Å². The van der Waals surface area contributed by atoms with Gasteiger partial charge in [-0.1, -0.05) is 58.0 Å². The Morgan fingerprint density at radius 2 is 1.80 bits per heavy atom. The minimum Gasteiger partial charge on any atom is -0.497 e. The first-order valence-electron chi connectivity index (χ1n) is 12.3. The van der Waals surface area contributed by atoms with Crippen molar-refractivity contribution in [3.63, 3.8) is 0 Å². The average molecular weight is 491 g/mol. The topological polar surface area (TPSA) is 32.8 Å². The predicted molar refractivity (Wildman–Crippen MR) is 132 cm³/mol. The van der Waals surface area contributed by atoms with Gasteiger partial charge in [0, 0.05) is 44.6 Å². The van der Waals surface area contributed by atoms with E-state index in [4.69, 9.17) is 4.74 Å². The number of benzene rings is 2. The highest BCUT2D eigenvalue weighted by molar-refractivity contribution is 5.78. The maximum Gasteiger partial charge on any atom is 0.416 e. The summed E-state index contributed by atoms with van der Waals surface area (Å²) in [6, 6.07) is 13.5. The summed E-state index contributed by atoms with van der Waals surface area (Å²) in [5.41, 5.74) is 1.14. The number of nitrogens with zero attached hydrogens (tertiary/aromatic N) is 2. The molecule has 0 aromatic heterocycles. The molecule has 1 heterocycles. The summed E-state index contributed by atoms with van der Waals surface area (Å²) in [7, 11) is 1.64. The van der Waals surface area contributed by atoms with Crippen LogP contribution in [0.2, 0.25) is 0 Å². The fourth-order valence-corrected chi connectivity index (χ4v) is 4.97.